The van der Waals surface area contributed by atoms with Gasteiger partial charge >= 0.3 is 6.18 Å². The van der Waals surface area contributed by atoms with E-state index < -0.39 is 11.7 Å². The lowest BCUT2D eigenvalue weighted by atomic mass is 9.85. The van der Waals surface area contributed by atoms with Crippen LogP contribution in [0.1, 0.15) is 35.1 Å². The quantitative estimate of drug-likeness (QED) is 0.194. The molecule has 0 aliphatic heterocycles. The van der Waals surface area contributed by atoms with E-state index >= 15 is 0 Å². The number of carbonyl (C=O) groups is 2. The number of benzene rings is 3. The minimum Gasteiger partial charge on any atom is -0.493 e. The van der Waals surface area contributed by atoms with Crippen LogP contribution in [-0.4, -0.2) is 32.3 Å². The van der Waals surface area contributed by atoms with Gasteiger partial charge in [0, 0.05) is 24.0 Å². The molecule has 4 rings (SSSR count). The Labute approximate surface area is 250 Å². The summed E-state index contributed by atoms with van der Waals surface area (Å²) in [7, 11) is 3.22. The lowest BCUT2D eigenvalue weighted by Gasteiger charge is -2.20. The van der Waals surface area contributed by atoms with Gasteiger partial charge in [0.25, 0.3) is 0 Å². The number of ketones is 2. The smallest absolute Gasteiger partial charge is 0.416 e. The molecule has 42 heavy (non-hydrogen) atoms. The SMILES string of the molecule is C=CC(C1=CC(=O)C(OC)=CC1=O)c1ccccc1.CNCCC(Oc1ccc(C(F)(F)F)cc1)c1ccccc1.Cl. The van der Waals surface area contributed by atoms with Crippen LogP contribution in [-0.2, 0) is 20.5 Å². The largest absolute Gasteiger partial charge is 0.493 e. The molecular formula is C33H33ClF3NO4. The summed E-state index contributed by atoms with van der Waals surface area (Å²) in [5, 5.41) is 3.05. The van der Waals surface area contributed by atoms with E-state index in [9.17, 15) is 22.8 Å². The highest BCUT2D eigenvalue weighted by Gasteiger charge is 2.30. The van der Waals surface area contributed by atoms with Crippen LogP contribution in [0, 0.1) is 0 Å². The van der Waals surface area contributed by atoms with Gasteiger partial charge in [-0.3, -0.25) is 9.59 Å². The molecule has 0 saturated heterocycles. The number of allylic oxidation sites excluding steroid dienone is 4. The van der Waals surface area contributed by atoms with Crippen molar-refractivity contribution in [3.8, 4) is 5.75 Å². The lowest BCUT2D eigenvalue weighted by molar-refractivity contribution is -0.137. The molecule has 0 fully saturated rings. The first-order chi connectivity index (χ1) is 19.7. The highest BCUT2D eigenvalue weighted by molar-refractivity contribution is 6.19. The Morgan fingerprint density at radius 1 is 0.857 bits per heavy atom. The number of hydrogen-bond acceptors (Lipinski definition) is 5. The zero-order valence-electron chi connectivity index (χ0n) is 23.3. The van der Waals surface area contributed by atoms with E-state index in [-0.39, 0.29) is 41.8 Å². The number of nitrogens with one attached hydrogen (secondary N) is 1. The third-order valence-corrected chi connectivity index (χ3v) is 6.31. The van der Waals surface area contributed by atoms with Crippen molar-refractivity contribution in [3.05, 3.63) is 138 Å². The fourth-order valence-corrected chi connectivity index (χ4v) is 4.19. The molecule has 222 valence electrons. The predicted molar refractivity (Wildman–Crippen MR) is 160 cm³/mol. The highest BCUT2D eigenvalue weighted by atomic mass is 35.5. The Hall–Kier alpha value is -4.14. The molecule has 0 aromatic heterocycles. The molecule has 0 spiro atoms. The second-order valence-corrected chi connectivity index (χ2v) is 9.10. The van der Waals surface area contributed by atoms with Gasteiger partial charge in [-0.15, -0.1) is 19.0 Å². The first kappa shape index (κ1) is 34.1. The second-order valence-electron chi connectivity index (χ2n) is 9.10. The maximum atomic E-state index is 12.6. The Morgan fingerprint density at radius 3 is 1.93 bits per heavy atom. The molecule has 0 saturated carbocycles. The molecular weight excluding hydrogens is 567 g/mol. The molecule has 5 nitrogen and oxygen atoms in total. The molecule has 1 aliphatic carbocycles. The van der Waals surface area contributed by atoms with Crippen LogP contribution in [0.2, 0.25) is 0 Å². The van der Waals surface area contributed by atoms with E-state index in [0.717, 1.165) is 36.2 Å². The van der Waals surface area contributed by atoms with Crippen LogP contribution < -0.4 is 10.1 Å². The Morgan fingerprint density at radius 2 is 1.43 bits per heavy atom. The summed E-state index contributed by atoms with van der Waals surface area (Å²) in [5.41, 5.74) is 1.68. The van der Waals surface area contributed by atoms with Crippen LogP contribution in [0.5, 0.6) is 5.75 Å². The van der Waals surface area contributed by atoms with E-state index in [2.05, 4.69) is 11.9 Å². The molecule has 3 aromatic carbocycles. The number of carbonyl (C=O) groups excluding carboxylic acids is 2. The zero-order chi connectivity index (χ0) is 29.8. The average Bonchev–Trinajstić information content (AvgIpc) is 2.98. The number of methoxy groups -OCH3 is 1. The normalized spacial score (nSPS) is 14.2. The minimum absolute atomic E-state index is 0. The maximum Gasteiger partial charge on any atom is 0.416 e. The van der Waals surface area contributed by atoms with Crippen LogP contribution >= 0.6 is 12.4 Å². The molecule has 3 aromatic rings. The van der Waals surface area contributed by atoms with Crippen molar-refractivity contribution >= 4 is 24.0 Å². The Bertz CT molecular complexity index is 1370. The lowest BCUT2D eigenvalue weighted by Crippen LogP contribution is -2.18. The molecule has 2 unspecified atom stereocenters. The monoisotopic (exact) mass is 599 g/mol. The summed E-state index contributed by atoms with van der Waals surface area (Å²) in [4.78, 5) is 23.8. The van der Waals surface area contributed by atoms with E-state index in [1.54, 1.807) is 6.08 Å². The number of rotatable bonds is 10. The second kappa shape index (κ2) is 16.3. The molecule has 1 aliphatic rings. The topological polar surface area (TPSA) is 64.6 Å². The van der Waals surface area contributed by atoms with Crippen LogP contribution in [0.25, 0.3) is 0 Å². The van der Waals surface area contributed by atoms with Crippen molar-refractivity contribution in [2.45, 2.75) is 24.6 Å². The van der Waals surface area contributed by atoms with Crippen molar-refractivity contribution in [2.24, 2.45) is 0 Å². The fourth-order valence-electron chi connectivity index (χ4n) is 4.19. The van der Waals surface area contributed by atoms with Crippen LogP contribution in [0.3, 0.4) is 0 Å². The van der Waals surface area contributed by atoms with Crippen molar-refractivity contribution in [1.82, 2.24) is 5.32 Å². The molecule has 0 bridgehead atoms. The van der Waals surface area contributed by atoms with Crippen molar-refractivity contribution < 1.29 is 32.2 Å². The van der Waals surface area contributed by atoms with E-state index in [1.807, 2.05) is 67.7 Å². The van der Waals surface area contributed by atoms with Gasteiger partial charge in [-0.2, -0.15) is 13.2 Å². The predicted octanol–water partition coefficient (Wildman–Crippen LogP) is 7.42. The van der Waals surface area contributed by atoms with E-state index in [4.69, 9.17) is 9.47 Å². The standard InChI is InChI=1S/C17H18F3NO.C16H14O3.ClH/c1-21-12-11-16(13-5-3-2-4-6-13)22-15-9-7-14(8-10-15)17(18,19)20;1-3-12(11-7-5-4-6-8-11)13-9-15(18)16(19-2)10-14(13)17;/h2-10,16,21H,11-12H2,1H3;3-10,12H,1H2,2H3;1H. The molecule has 0 amide bonds. The summed E-state index contributed by atoms with van der Waals surface area (Å²) in [6, 6.07) is 23.9. The maximum absolute atomic E-state index is 12.6. The summed E-state index contributed by atoms with van der Waals surface area (Å²) in [5.74, 6) is -0.292. The number of ether oxygens (including phenoxy) is 2. The molecule has 0 radical (unpaired) electrons. The third kappa shape index (κ3) is 9.46. The molecule has 2 atom stereocenters. The summed E-state index contributed by atoms with van der Waals surface area (Å²) >= 11 is 0. The van der Waals surface area contributed by atoms with Crippen molar-refractivity contribution in [1.29, 1.82) is 0 Å². The van der Waals surface area contributed by atoms with E-state index in [0.29, 0.717) is 11.3 Å². The van der Waals surface area contributed by atoms with Crippen molar-refractivity contribution in [3.63, 3.8) is 0 Å². The van der Waals surface area contributed by atoms with Gasteiger partial charge in [-0.25, -0.2) is 0 Å². The molecule has 9 heteroatoms. The van der Waals surface area contributed by atoms with Gasteiger partial charge in [-0.1, -0.05) is 66.7 Å². The van der Waals surface area contributed by atoms with Gasteiger partial charge in [0.2, 0.25) is 5.78 Å². The average molecular weight is 600 g/mol. The Kier molecular flexibility index (Phi) is 13.3. The zero-order valence-corrected chi connectivity index (χ0v) is 24.1. The highest BCUT2D eigenvalue weighted by Crippen LogP contribution is 2.32. The van der Waals surface area contributed by atoms with Gasteiger partial charge in [0.05, 0.1) is 12.7 Å². The fraction of sp³-hybridized carbons (Fsp3) is 0.212. The molecule has 0 heterocycles. The number of halogens is 4. The van der Waals surface area contributed by atoms with Gasteiger partial charge < -0.3 is 14.8 Å². The number of hydrogen-bond donors (Lipinski definition) is 1. The van der Waals surface area contributed by atoms with Gasteiger partial charge in [0.1, 0.15) is 11.9 Å². The summed E-state index contributed by atoms with van der Waals surface area (Å²) in [6.07, 6.45) is 0.422. The Balaban J connectivity index is 0.000000289. The first-order valence-corrected chi connectivity index (χ1v) is 12.9. The van der Waals surface area contributed by atoms with Crippen molar-refractivity contribution in [2.75, 3.05) is 20.7 Å². The minimum atomic E-state index is -4.33. The van der Waals surface area contributed by atoms with E-state index in [1.165, 1.54) is 31.4 Å². The summed E-state index contributed by atoms with van der Waals surface area (Å²) in [6.45, 7) is 4.51. The number of alkyl halides is 3. The van der Waals surface area contributed by atoms with Gasteiger partial charge in [-0.05, 0) is 55.1 Å². The van der Waals surface area contributed by atoms with Crippen LogP contribution in [0.15, 0.2) is 121 Å². The van der Waals surface area contributed by atoms with Gasteiger partial charge in [0.15, 0.2) is 11.5 Å². The van der Waals surface area contributed by atoms with Crippen LogP contribution in [0.4, 0.5) is 13.2 Å². The first-order valence-electron chi connectivity index (χ1n) is 12.9. The molecule has 1 N–H and O–H groups in total. The summed E-state index contributed by atoms with van der Waals surface area (Å²) < 4.78 is 48.4. The third-order valence-electron chi connectivity index (χ3n) is 6.31.